The van der Waals surface area contributed by atoms with Crippen molar-refractivity contribution in [1.29, 1.82) is 5.26 Å². The molecule has 21 heavy (non-hydrogen) atoms. The molecule has 4 nitrogen and oxygen atoms in total. The zero-order valence-corrected chi connectivity index (χ0v) is 12.5. The van der Waals surface area contributed by atoms with Gasteiger partial charge in [0.25, 0.3) is 5.91 Å². The molecule has 1 atom stereocenters. The minimum atomic E-state index is -0.553. The standard InChI is InChI=1S/C17H22N2O2/c1-13(21-16-9-5-8-15(10-16)11-18)17(20)19-12-14-6-3-2-4-7-14/h5,8-10,13-14H,2-4,6-7,12H2,1H3,(H,19,20)/t13-/m1/s1. The van der Waals surface area contributed by atoms with Crippen LogP contribution in [0.1, 0.15) is 44.6 Å². The molecule has 0 heterocycles. The van der Waals surface area contributed by atoms with Gasteiger partial charge < -0.3 is 10.1 Å². The minimum Gasteiger partial charge on any atom is -0.481 e. The number of carbonyl (C=O) groups is 1. The van der Waals surface area contributed by atoms with E-state index in [1.165, 1.54) is 32.1 Å². The van der Waals surface area contributed by atoms with Crippen molar-refractivity contribution in [2.24, 2.45) is 5.92 Å². The number of rotatable bonds is 5. The van der Waals surface area contributed by atoms with Crippen molar-refractivity contribution in [3.8, 4) is 11.8 Å². The van der Waals surface area contributed by atoms with Crippen LogP contribution in [0.25, 0.3) is 0 Å². The molecule has 1 aromatic carbocycles. The predicted octanol–water partition coefficient (Wildman–Crippen LogP) is 3.02. The van der Waals surface area contributed by atoms with Crippen molar-refractivity contribution in [2.75, 3.05) is 6.54 Å². The smallest absolute Gasteiger partial charge is 0.260 e. The van der Waals surface area contributed by atoms with Crippen LogP contribution in [0.3, 0.4) is 0 Å². The van der Waals surface area contributed by atoms with E-state index in [-0.39, 0.29) is 5.91 Å². The van der Waals surface area contributed by atoms with Gasteiger partial charge in [-0.3, -0.25) is 4.79 Å². The number of hydrogen-bond donors (Lipinski definition) is 1. The molecule has 0 spiro atoms. The summed E-state index contributed by atoms with van der Waals surface area (Å²) in [5.41, 5.74) is 0.530. The zero-order chi connectivity index (χ0) is 15.1. The van der Waals surface area contributed by atoms with Gasteiger partial charge in [-0.1, -0.05) is 25.3 Å². The molecule has 1 aromatic rings. The third-order valence-electron chi connectivity index (χ3n) is 3.93. The maximum absolute atomic E-state index is 12.0. The first kappa shape index (κ1) is 15.4. The Morgan fingerprint density at radius 3 is 2.90 bits per heavy atom. The van der Waals surface area contributed by atoms with E-state index in [1.807, 2.05) is 0 Å². The highest BCUT2D eigenvalue weighted by Gasteiger charge is 2.18. The Hall–Kier alpha value is -2.02. The molecule has 0 saturated heterocycles. The van der Waals surface area contributed by atoms with Crippen LogP contribution in [0, 0.1) is 17.2 Å². The van der Waals surface area contributed by atoms with Gasteiger partial charge in [0.05, 0.1) is 11.6 Å². The van der Waals surface area contributed by atoms with Gasteiger partial charge in [0.1, 0.15) is 5.75 Å². The van der Waals surface area contributed by atoms with Crippen molar-refractivity contribution in [3.63, 3.8) is 0 Å². The highest BCUT2D eigenvalue weighted by atomic mass is 16.5. The lowest BCUT2D eigenvalue weighted by Gasteiger charge is -2.23. The summed E-state index contributed by atoms with van der Waals surface area (Å²) in [7, 11) is 0. The van der Waals surface area contributed by atoms with Gasteiger partial charge in [-0.25, -0.2) is 0 Å². The van der Waals surface area contributed by atoms with Crippen LogP contribution in [0.15, 0.2) is 24.3 Å². The van der Waals surface area contributed by atoms with Gasteiger partial charge in [-0.15, -0.1) is 0 Å². The third-order valence-corrected chi connectivity index (χ3v) is 3.93. The zero-order valence-electron chi connectivity index (χ0n) is 12.5. The van der Waals surface area contributed by atoms with Crippen LogP contribution >= 0.6 is 0 Å². The Balaban J connectivity index is 1.80. The number of nitriles is 1. The van der Waals surface area contributed by atoms with Crippen LogP contribution < -0.4 is 10.1 Å². The SMILES string of the molecule is C[C@@H](Oc1cccc(C#N)c1)C(=O)NCC1CCCCC1. The number of nitrogens with one attached hydrogen (secondary N) is 1. The molecule has 0 aliphatic heterocycles. The lowest BCUT2D eigenvalue weighted by atomic mass is 9.89. The quantitative estimate of drug-likeness (QED) is 0.905. The van der Waals surface area contributed by atoms with Crippen LogP contribution in [-0.4, -0.2) is 18.6 Å². The van der Waals surface area contributed by atoms with Crippen LogP contribution in [0.2, 0.25) is 0 Å². The van der Waals surface area contributed by atoms with Gasteiger partial charge in [0, 0.05) is 6.54 Å². The molecule has 1 aliphatic carbocycles. The van der Waals surface area contributed by atoms with Crippen LogP contribution in [-0.2, 0) is 4.79 Å². The maximum atomic E-state index is 12.0. The molecule has 0 bridgehead atoms. The van der Waals surface area contributed by atoms with E-state index >= 15 is 0 Å². The molecular weight excluding hydrogens is 264 g/mol. The molecule has 0 unspecified atom stereocenters. The monoisotopic (exact) mass is 286 g/mol. The van der Waals surface area contributed by atoms with Crippen molar-refractivity contribution < 1.29 is 9.53 Å². The number of benzene rings is 1. The molecule has 0 radical (unpaired) electrons. The summed E-state index contributed by atoms with van der Waals surface area (Å²) in [6.45, 7) is 2.47. The largest absolute Gasteiger partial charge is 0.481 e. The Bertz CT molecular complexity index is 516. The first-order valence-corrected chi connectivity index (χ1v) is 7.63. The fourth-order valence-electron chi connectivity index (χ4n) is 2.68. The fourth-order valence-corrected chi connectivity index (χ4v) is 2.68. The van der Waals surface area contributed by atoms with E-state index in [4.69, 9.17) is 10.00 Å². The highest BCUT2D eigenvalue weighted by molar-refractivity contribution is 5.80. The van der Waals surface area contributed by atoms with Crippen molar-refractivity contribution in [3.05, 3.63) is 29.8 Å². The number of hydrogen-bond acceptors (Lipinski definition) is 3. The Morgan fingerprint density at radius 2 is 2.19 bits per heavy atom. The Kier molecular flexibility index (Phi) is 5.62. The Morgan fingerprint density at radius 1 is 1.43 bits per heavy atom. The van der Waals surface area contributed by atoms with Gasteiger partial charge in [-0.05, 0) is 43.9 Å². The summed E-state index contributed by atoms with van der Waals surface area (Å²) in [4.78, 5) is 12.0. The lowest BCUT2D eigenvalue weighted by molar-refractivity contribution is -0.127. The second-order valence-electron chi connectivity index (χ2n) is 5.65. The third kappa shape index (κ3) is 4.78. The van der Waals surface area contributed by atoms with Crippen molar-refractivity contribution >= 4 is 5.91 Å². The van der Waals surface area contributed by atoms with Crippen molar-refractivity contribution in [2.45, 2.75) is 45.1 Å². The Labute approximate surface area is 126 Å². The molecule has 0 aromatic heterocycles. The molecule has 2 rings (SSSR count). The minimum absolute atomic E-state index is 0.0945. The summed E-state index contributed by atoms with van der Waals surface area (Å²) in [6, 6.07) is 8.92. The number of amides is 1. The average molecular weight is 286 g/mol. The molecule has 1 aliphatic rings. The number of ether oxygens (including phenoxy) is 1. The van der Waals surface area contributed by atoms with Gasteiger partial charge in [0.15, 0.2) is 6.10 Å². The van der Waals surface area contributed by atoms with Gasteiger partial charge in [0.2, 0.25) is 0 Å². The molecule has 1 saturated carbocycles. The number of nitrogens with zero attached hydrogens (tertiary/aromatic N) is 1. The maximum Gasteiger partial charge on any atom is 0.260 e. The van der Waals surface area contributed by atoms with E-state index < -0.39 is 6.10 Å². The normalized spacial score (nSPS) is 16.8. The fraction of sp³-hybridized carbons (Fsp3) is 0.529. The van der Waals surface area contributed by atoms with E-state index in [9.17, 15) is 4.79 Å². The topological polar surface area (TPSA) is 62.1 Å². The van der Waals surface area contributed by atoms with E-state index in [0.29, 0.717) is 17.2 Å². The molecule has 1 N–H and O–H groups in total. The first-order valence-electron chi connectivity index (χ1n) is 7.63. The molecular formula is C17H22N2O2. The van der Waals surface area contributed by atoms with Crippen molar-refractivity contribution in [1.82, 2.24) is 5.32 Å². The number of carbonyl (C=O) groups excluding carboxylic acids is 1. The van der Waals surface area contributed by atoms with E-state index in [1.54, 1.807) is 31.2 Å². The molecule has 1 amide bonds. The summed E-state index contributed by atoms with van der Waals surface area (Å²) >= 11 is 0. The lowest BCUT2D eigenvalue weighted by Crippen LogP contribution is -2.39. The molecule has 112 valence electrons. The van der Waals surface area contributed by atoms with E-state index in [0.717, 1.165) is 6.54 Å². The van der Waals surface area contributed by atoms with Gasteiger partial charge in [-0.2, -0.15) is 5.26 Å². The summed E-state index contributed by atoms with van der Waals surface area (Å²) in [6.07, 6.45) is 5.72. The van der Waals surface area contributed by atoms with Gasteiger partial charge >= 0.3 is 0 Å². The predicted molar refractivity (Wildman–Crippen MR) is 80.8 cm³/mol. The highest BCUT2D eigenvalue weighted by Crippen LogP contribution is 2.22. The van der Waals surface area contributed by atoms with Crippen LogP contribution in [0.4, 0.5) is 0 Å². The first-order chi connectivity index (χ1) is 10.2. The summed E-state index contributed by atoms with van der Waals surface area (Å²) in [5, 5.41) is 11.8. The second kappa shape index (κ2) is 7.68. The molecule has 4 heteroatoms. The second-order valence-corrected chi connectivity index (χ2v) is 5.65. The molecule has 1 fully saturated rings. The average Bonchev–Trinajstić information content (AvgIpc) is 2.53. The van der Waals surface area contributed by atoms with Crippen LogP contribution in [0.5, 0.6) is 5.75 Å². The summed E-state index contributed by atoms with van der Waals surface area (Å²) in [5.74, 6) is 1.06. The van der Waals surface area contributed by atoms with E-state index in [2.05, 4.69) is 11.4 Å². The summed E-state index contributed by atoms with van der Waals surface area (Å²) < 4.78 is 5.60.